The fraction of sp³-hybridized carbons (Fsp3) is 0.889. The maximum atomic E-state index is 11.8. The van der Waals surface area contributed by atoms with E-state index >= 15 is 0 Å². The normalized spacial score (nSPS) is 15.9. The van der Waals surface area contributed by atoms with E-state index in [4.69, 9.17) is 0 Å². The molecule has 0 aliphatic carbocycles. The van der Waals surface area contributed by atoms with Crippen LogP contribution in [0.4, 0.5) is 13.2 Å². The lowest BCUT2D eigenvalue weighted by Crippen LogP contribution is -2.47. The summed E-state index contributed by atoms with van der Waals surface area (Å²) in [6.45, 7) is 3.94. The van der Waals surface area contributed by atoms with E-state index in [2.05, 4.69) is 10.6 Å². The monoisotopic (exact) mass is 226 g/mol. The van der Waals surface area contributed by atoms with Crippen LogP contribution in [0.15, 0.2) is 0 Å². The van der Waals surface area contributed by atoms with E-state index in [0.717, 1.165) is 6.42 Å². The number of halogens is 3. The van der Waals surface area contributed by atoms with Crippen molar-refractivity contribution in [3.63, 3.8) is 0 Å². The van der Waals surface area contributed by atoms with Gasteiger partial charge in [-0.1, -0.05) is 6.92 Å². The number of amides is 1. The second kappa shape index (κ2) is 5.95. The minimum atomic E-state index is -4.29. The Bertz CT molecular complexity index is 206. The third-order valence-electron chi connectivity index (χ3n) is 2.00. The molecule has 2 unspecified atom stereocenters. The van der Waals surface area contributed by atoms with Crippen LogP contribution < -0.4 is 10.6 Å². The lowest BCUT2D eigenvalue weighted by Gasteiger charge is -2.18. The van der Waals surface area contributed by atoms with Crippen molar-refractivity contribution >= 4 is 5.91 Å². The van der Waals surface area contributed by atoms with Gasteiger partial charge in [0.15, 0.2) is 0 Å². The highest BCUT2D eigenvalue weighted by molar-refractivity contribution is 5.81. The topological polar surface area (TPSA) is 41.1 Å². The molecule has 0 aromatic carbocycles. The number of hydrogen-bond donors (Lipinski definition) is 2. The van der Waals surface area contributed by atoms with Crippen molar-refractivity contribution in [3.8, 4) is 0 Å². The van der Waals surface area contributed by atoms with E-state index in [1.54, 1.807) is 6.92 Å². The first-order valence-corrected chi connectivity index (χ1v) is 4.86. The van der Waals surface area contributed by atoms with Crippen molar-refractivity contribution in [1.82, 2.24) is 10.6 Å². The summed E-state index contributed by atoms with van der Waals surface area (Å²) in [4.78, 5) is 11.3. The highest BCUT2D eigenvalue weighted by atomic mass is 19.4. The van der Waals surface area contributed by atoms with Gasteiger partial charge in [-0.2, -0.15) is 13.2 Å². The number of rotatable bonds is 5. The number of hydrogen-bond acceptors (Lipinski definition) is 2. The second-order valence-corrected chi connectivity index (χ2v) is 3.54. The highest BCUT2D eigenvalue weighted by Gasteiger charge is 2.28. The molecule has 0 aromatic heterocycles. The third kappa shape index (κ3) is 7.18. The number of nitrogens with one attached hydrogen (secondary N) is 2. The van der Waals surface area contributed by atoms with Crippen LogP contribution in [0.2, 0.25) is 0 Å². The Balaban J connectivity index is 3.89. The molecule has 90 valence electrons. The fourth-order valence-corrected chi connectivity index (χ4v) is 0.831. The summed E-state index contributed by atoms with van der Waals surface area (Å²) >= 11 is 0. The molecule has 2 N–H and O–H groups in total. The summed E-state index contributed by atoms with van der Waals surface area (Å²) in [5.74, 6) is -0.409. The van der Waals surface area contributed by atoms with Gasteiger partial charge < -0.3 is 5.32 Å². The summed E-state index contributed by atoms with van der Waals surface area (Å²) in [5, 5.41) is 4.71. The molecule has 0 aliphatic rings. The summed E-state index contributed by atoms with van der Waals surface area (Å²) in [5.41, 5.74) is 0. The molecule has 1 amide bonds. The van der Waals surface area contributed by atoms with Crippen molar-refractivity contribution in [1.29, 1.82) is 0 Å². The molecule has 0 aliphatic heterocycles. The van der Waals surface area contributed by atoms with Crippen LogP contribution in [-0.2, 0) is 4.79 Å². The molecule has 0 saturated heterocycles. The SMILES string of the molecule is CCC(C)NC(=O)C(C)NCC(F)(F)F. The molecule has 15 heavy (non-hydrogen) atoms. The van der Waals surface area contributed by atoms with Gasteiger partial charge in [-0.15, -0.1) is 0 Å². The minimum Gasteiger partial charge on any atom is -0.352 e. The largest absolute Gasteiger partial charge is 0.401 e. The zero-order valence-electron chi connectivity index (χ0n) is 9.11. The number of carbonyl (C=O) groups is 1. The fourth-order valence-electron chi connectivity index (χ4n) is 0.831. The van der Waals surface area contributed by atoms with Crippen LogP contribution in [0.3, 0.4) is 0 Å². The average Bonchev–Trinajstić information content (AvgIpc) is 2.12. The van der Waals surface area contributed by atoms with Gasteiger partial charge in [0.05, 0.1) is 12.6 Å². The molecule has 0 radical (unpaired) electrons. The predicted molar refractivity (Wildman–Crippen MR) is 51.4 cm³/mol. The van der Waals surface area contributed by atoms with Gasteiger partial charge in [-0.25, -0.2) is 0 Å². The molecule has 0 rings (SSSR count). The van der Waals surface area contributed by atoms with E-state index in [1.165, 1.54) is 6.92 Å². The first-order chi connectivity index (χ1) is 6.76. The van der Waals surface area contributed by atoms with Crippen molar-refractivity contribution in [2.24, 2.45) is 0 Å². The second-order valence-electron chi connectivity index (χ2n) is 3.54. The van der Waals surface area contributed by atoms with Crippen molar-refractivity contribution < 1.29 is 18.0 Å². The van der Waals surface area contributed by atoms with Crippen LogP contribution >= 0.6 is 0 Å². The Kier molecular flexibility index (Phi) is 5.64. The van der Waals surface area contributed by atoms with E-state index in [1.807, 2.05) is 6.92 Å². The Labute approximate surface area is 87.4 Å². The van der Waals surface area contributed by atoms with Gasteiger partial charge in [0.25, 0.3) is 0 Å². The molecule has 3 nitrogen and oxygen atoms in total. The summed E-state index contributed by atoms with van der Waals surface area (Å²) in [6.07, 6.45) is -3.54. The van der Waals surface area contributed by atoms with Crippen LogP contribution in [0.5, 0.6) is 0 Å². The van der Waals surface area contributed by atoms with E-state index in [0.29, 0.717) is 0 Å². The lowest BCUT2D eigenvalue weighted by molar-refractivity contribution is -0.131. The Morgan fingerprint density at radius 3 is 2.27 bits per heavy atom. The maximum absolute atomic E-state index is 11.8. The van der Waals surface area contributed by atoms with Crippen LogP contribution in [-0.4, -0.2) is 30.7 Å². The first-order valence-electron chi connectivity index (χ1n) is 4.86. The van der Waals surface area contributed by atoms with Crippen molar-refractivity contribution in [2.45, 2.75) is 45.5 Å². The van der Waals surface area contributed by atoms with Gasteiger partial charge >= 0.3 is 6.18 Å². The Hall–Kier alpha value is -0.780. The highest BCUT2D eigenvalue weighted by Crippen LogP contribution is 2.12. The predicted octanol–water partition coefficient (Wildman–Crippen LogP) is 1.44. The molecule has 0 aromatic rings. The Morgan fingerprint density at radius 2 is 1.87 bits per heavy atom. The maximum Gasteiger partial charge on any atom is 0.401 e. The molecule has 6 heteroatoms. The smallest absolute Gasteiger partial charge is 0.352 e. The molecular formula is C9H17F3N2O. The molecule has 0 bridgehead atoms. The standard InChI is InChI=1S/C9H17F3N2O/c1-4-6(2)14-8(15)7(3)13-5-9(10,11)12/h6-7,13H,4-5H2,1-3H3,(H,14,15). The first kappa shape index (κ1) is 14.2. The number of alkyl halides is 3. The van der Waals surface area contributed by atoms with Gasteiger partial charge in [0.2, 0.25) is 5.91 Å². The van der Waals surface area contributed by atoms with Gasteiger partial charge in [0, 0.05) is 6.04 Å². The van der Waals surface area contributed by atoms with Gasteiger partial charge in [0.1, 0.15) is 0 Å². The van der Waals surface area contributed by atoms with E-state index in [-0.39, 0.29) is 6.04 Å². The quantitative estimate of drug-likeness (QED) is 0.744. The van der Waals surface area contributed by atoms with Crippen molar-refractivity contribution in [3.05, 3.63) is 0 Å². The number of carbonyl (C=O) groups excluding carboxylic acids is 1. The molecular weight excluding hydrogens is 209 g/mol. The van der Waals surface area contributed by atoms with Crippen LogP contribution in [0, 0.1) is 0 Å². The summed E-state index contributed by atoms with van der Waals surface area (Å²) in [6, 6.07) is -0.853. The zero-order chi connectivity index (χ0) is 12.1. The Morgan fingerprint density at radius 1 is 1.33 bits per heavy atom. The van der Waals surface area contributed by atoms with Gasteiger partial charge in [-0.3, -0.25) is 10.1 Å². The lowest BCUT2D eigenvalue weighted by atomic mass is 10.2. The molecule has 0 spiro atoms. The molecule has 2 atom stereocenters. The van der Waals surface area contributed by atoms with Crippen LogP contribution in [0.1, 0.15) is 27.2 Å². The summed E-state index contributed by atoms with van der Waals surface area (Å²) < 4.78 is 35.4. The molecule has 0 saturated carbocycles. The van der Waals surface area contributed by atoms with Gasteiger partial charge in [-0.05, 0) is 20.3 Å². The third-order valence-corrected chi connectivity index (χ3v) is 2.00. The van der Waals surface area contributed by atoms with E-state index < -0.39 is 24.7 Å². The van der Waals surface area contributed by atoms with E-state index in [9.17, 15) is 18.0 Å². The van der Waals surface area contributed by atoms with Crippen LogP contribution in [0.25, 0.3) is 0 Å². The zero-order valence-corrected chi connectivity index (χ0v) is 9.11. The molecule has 0 fully saturated rings. The molecule has 0 heterocycles. The summed E-state index contributed by atoms with van der Waals surface area (Å²) in [7, 11) is 0. The minimum absolute atomic E-state index is 0.0207. The van der Waals surface area contributed by atoms with Crippen molar-refractivity contribution in [2.75, 3.05) is 6.54 Å². The average molecular weight is 226 g/mol.